The highest BCUT2D eigenvalue weighted by Crippen LogP contribution is 2.13. The van der Waals surface area contributed by atoms with Crippen LogP contribution in [0, 0.1) is 0 Å². The summed E-state index contributed by atoms with van der Waals surface area (Å²) in [6.45, 7) is 2.94. The second-order valence-electron chi connectivity index (χ2n) is 6.41. The van der Waals surface area contributed by atoms with E-state index in [0.29, 0.717) is 26.2 Å². The summed E-state index contributed by atoms with van der Waals surface area (Å²) in [5.41, 5.74) is 0. The van der Waals surface area contributed by atoms with Crippen LogP contribution in [0.15, 0.2) is 24.5 Å². The lowest BCUT2D eigenvalue weighted by Gasteiger charge is -2.25. The summed E-state index contributed by atoms with van der Waals surface area (Å²) in [5.74, 6) is -4.88. The SMILES string of the molecule is O=C(CN1CCNC(=O)C1)NCCCOc1cccnc1.O=C(O)C(F)(F)F.O=C(O)C(F)(F)F. The molecule has 0 radical (unpaired) electrons. The third-order valence-corrected chi connectivity index (χ3v) is 3.52. The predicted octanol–water partition coefficient (Wildman–Crippen LogP) is 0.665. The molecular weight excluding hydrogens is 498 g/mol. The lowest BCUT2D eigenvalue weighted by Crippen LogP contribution is -2.50. The van der Waals surface area contributed by atoms with Crippen LogP contribution in [0.3, 0.4) is 0 Å². The van der Waals surface area contributed by atoms with Crippen LogP contribution < -0.4 is 15.4 Å². The molecule has 2 rings (SSSR count). The van der Waals surface area contributed by atoms with E-state index in [1.165, 1.54) is 0 Å². The third kappa shape index (κ3) is 16.6. The largest absolute Gasteiger partial charge is 0.492 e. The molecule has 1 aliphatic rings. The Bertz CT molecular complexity index is 798. The minimum atomic E-state index is -5.08. The first-order valence-electron chi connectivity index (χ1n) is 9.51. The molecule has 35 heavy (non-hydrogen) atoms. The van der Waals surface area contributed by atoms with Gasteiger partial charge in [0.25, 0.3) is 0 Å². The van der Waals surface area contributed by atoms with E-state index < -0.39 is 24.3 Å². The number of aromatic nitrogens is 1. The van der Waals surface area contributed by atoms with Crippen LogP contribution in [0.1, 0.15) is 6.42 Å². The van der Waals surface area contributed by atoms with Crippen LogP contribution in [0.25, 0.3) is 0 Å². The Morgan fingerprint density at radius 3 is 2.14 bits per heavy atom. The number of pyridine rings is 1. The molecule has 0 saturated carbocycles. The van der Waals surface area contributed by atoms with Gasteiger partial charge in [0.05, 0.1) is 25.9 Å². The van der Waals surface area contributed by atoms with E-state index in [1.807, 2.05) is 17.0 Å². The number of halogens is 6. The zero-order chi connectivity index (χ0) is 27.1. The van der Waals surface area contributed by atoms with E-state index in [9.17, 15) is 35.9 Å². The summed E-state index contributed by atoms with van der Waals surface area (Å²) in [6, 6.07) is 3.65. The van der Waals surface area contributed by atoms with E-state index in [-0.39, 0.29) is 24.9 Å². The summed E-state index contributed by atoms with van der Waals surface area (Å²) >= 11 is 0. The number of hydrogen-bond acceptors (Lipinski definition) is 7. The summed E-state index contributed by atoms with van der Waals surface area (Å²) in [6.07, 6.45) is -6.10. The quantitative estimate of drug-likeness (QED) is 0.300. The van der Waals surface area contributed by atoms with Crippen LogP contribution in [0.4, 0.5) is 26.3 Å². The van der Waals surface area contributed by atoms with Crippen LogP contribution in [0.2, 0.25) is 0 Å². The third-order valence-electron chi connectivity index (χ3n) is 3.52. The number of carbonyl (C=O) groups excluding carboxylic acids is 2. The van der Waals surface area contributed by atoms with Crippen LogP contribution in [-0.4, -0.2) is 95.5 Å². The number of rotatable bonds is 7. The summed E-state index contributed by atoms with van der Waals surface area (Å²) < 4.78 is 68.9. The number of hydrogen-bond donors (Lipinski definition) is 4. The average Bonchev–Trinajstić information content (AvgIpc) is 2.74. The van der Waals surface area contributed by atoms with Crippen molar-refractivity contribution in [3.05, 3.63) is 24.5 Å². The first kappa shape index (κ1) is 31.4. The molecule has 0 unspecified atom stereocenters. The fourth-order valence-corrected chi connectivity index (χ4v) is 2.01. The maximum absolute atomic E-state index is 11.7. The molecule has 0 atom stereocenters. The van der Waals surface area contributed by atoms with Crippen LogP contribution in [-0.2, 0) is 19.2 Å². The van der Waals surface area contributed by atoms with Gasteiger partial charge in [-0.15, -0.1) is 0 Å². The maximum atomic E-state index is 11.7. The van der Waals surface area contributed by atoms with Gasteiger partial charge in [0, 0.05) is 25.8 Å². The predicted molar refractivity (Wildman–Crippen MR) is 104 cm³/mol. The molecule has 0 aromatic carbocycles. The highest BCUT2D eigenvalue weighted by molar-refractivity contribution is 5.81. The molecule has 1 aliphatic heterocycles. The molecule has 0 bridgehead atoms. The lowest BCUT2D eigenvalue weighted by molar-refractivity contribution is -0.193. The molecule has 0 aliphatic carbocycles. The van der Waals surface area contributed by atoms with E-state index in [0.717, 1.165) is 12.2 Å². The first-order valence-corrected chi connectivity index (χ1v) is 9.51. The van der Waals surface area contributed by atoms with E-state index in [2.05, 4.69) is 15.6 Å². The number of aliphatic carboxylic acids is 2. The summed E-state index contributed by atoms with van der Waals surface area (Å²) in [7, 11) is 0. The van der Waals surface area contributed by atoms with Gasteiger partial charge >= 0.3 is 24.3 Å². The van der Waals surface area contributed by atoms with Crippen LogP contribution in [0.5, 0.6) is 5.75 Å². The molecule has 1 fully saturated rings. The number of nitrogens with zero attached hydrogens (tertiary/aromatic N) is 2. The Balaban J connectivity index is 0.000000680. The second kappa shape index (κ2) is 15.3. The second-order valence-corrected chi connectivity index (χ2v) is 6.41. The first-order chi connectivity index (χ1) is 16.1. The molecule has 11 nitrogen and oxygen atoms in total. The summed E-state index contributed by atoms with van der Waals surface area (Å²) in [4.78, 5) is 46.5. The van der Waals surface area contributed by atoms with E-state index >= 15 is 0 Å². The maximum Gasteiger partial charge on any atom is 0.490 e. The number of amides is 2. The number of piperazine rings is 1. The van der Waals surface area contributed by atoms with Crippen molar-refractivity contribution in [1.82, 2.24) is 20.5 Å². The smallest absolute Gasteiger partial charge is 0.490 e. The van der Waals surface area contributed by atoms with Gasteiger partial charge in [-0.2, -0.15) is 26.3 Å². The van der Waals surface area contributed by atoms with Gasteiger partial charge in [-0.05, 0) is 18.6 Å². The van der Waals surface area contributed by atoms with Crippen molar-refractivity contribution < 1.29 is 60.5 Å². The number of carboxylic acid groups (broad SMARTS) is 2. The van der Waals surface area contributed by atoms with Gasteiger partial charge in [0.1, 0.15) is 5.75 Å². The molecule has 0 spiro atoms. The Hall–Kier alpha value is -3.63. The minimum absolute atomic E-state index is 0.0288. The Kier molecular flexibility index (Phi) is 13.7. The molecule has 1 saturated heterocycles. The average molecular weight is 520 g/mol. The molecule has 2 amide bonds. The monoisotopic (exact) mass is 520 g/mol. The summed E-state index contributed by atoms with van der Waals surface area (Å²) in [5, 5.41) is 19.8. The molecule has 1 aromatic rings. The Labute approximate surface area is 194 Å². The number of nitrogens with one attached hydrogen (secondary N) is 2. The normalized spacial score (nSPS) is 13.7. The van der Waals surface area contributed by atoms with Crippen molar-refractivity contribution in [3.63, 3.8) is 0 Å². The molecule has 2 heterocycles. The molecule has 4 N–H and O–H groups in total. The van der Waals surface area contributed by atoms with Gasteiger partial charge in [-0.1, -0.05) is 0 Å². The molecule has 17 heteroatoms. The minimum Gasteiger partial charge on any atom is -0.492 e. The standard InChI is InChI=1S/C14H20N4O3.2C2HF3O2/c19-13(10-18-7-6-17-14(20)11-18)16-5-2-8-21-12-3-1-4-15-9-12;2*3-2(4,5)1(6)7/h1,3-4,9H,2,5-8,10-11H2,(H,16,19)(H,17,20);2*(H,6,7). The zero-order valence-corrected chi connectivity index (χ0v) is 17.9. The van der Waals surface area contributed by atoms with Gasteiger partial charge in [-0.25, -0.2) is 9.59 Å². The fourth-order valence-electron chi connectivity index (χ4n) is 2.01. The van der Waals surface area contributed by atoms with E-state index in [1.54, 1.807) is 12.4 Å². The number of carboxylic acids is 2. The highest BCUT2D eigenvalue weighted by Gasteiger charge is 2.38. The molecular formula is C18H22F6N4O7. The number of ether oxygens (including phenoxy) is 1. The topological polar surface area (TPSA) is 158 Å². The van der Waals surface area contributed by atoms with Crippen molar-refractivity contribution in [3.8, 4) is 5.75 Å². The van der Waals surface area contributed by atoms with Crippen molar-refractivity contribution in [2.75, 3.05) is 39.3 Å². The van der Waals surface area contributed by atoms with Crippen molar-refractivity contribution >= 4 is 23.8 Å². The van der Waals surface area contributed by atoms with Crippen molar-refractivity contribution in [1.29, 1.82) is 0 Å². The van der Waals surface area contributed by atoms with Gasteiger partial charge in [0.2, 0.25) is 11.8 Å². The van der Waals surface area contributed by atoms with Crippen LogP contribution >= 0.6 is 0 Å². The highest BCUT2D eigenvalue weighted by atomic mass is 19.4. The molecule has 198 valence electrons. The Morgan fingerprint density at radius 2 is 1.69 bits per heavy atom. The van der Waals surface area contributed by atoms with Crippen molar-refractivity contribution in [2.24, 2.45) is 0 Å². The van der Waals surface area contributed by atoms with E-state index in [4.69, 9.17) is 24.5 Å². The van der Waals surface area contributed by atoms with Gasteiger partial charge < -0.3 is 25.6 Å². The van der Waals surface area contributed by atoms with Crippen molar-refractivity contribution in [2.45, 2.75) is 18.8 Å². The fraction of sp³-hybridized carbons (Fsp3) is 0.500. The lowest BCUT2D eigenvalue weighted by atomic mass is 10.3. The Morgan fingerprint density at radius 1 is 1.11 bits per heavy atom. The van der Waals surface area contributed by atoms with Gasteiger partial charge in [0.15, 0.2) is 0 Å². The number of carbonyl (C=O) groups is 4. The number of alkyl halides is 6. The van der Waals surface area contributed by atoms with Gasteiger partial charge in [-0.3, -0.25) is 19.5 Å². The molecule has 1 aromatic heterocycles. The zero-order valence-electron chi connectivity index (χ0n) is 17.9.